The first-order valence-corrected chi connectivity index (χ1v) is 9.55. The molecule has 1 amide bonds. The van der Waals surface area contributed by atoms with Crippen LogP contribution in [0.1, 0.15) is 42.6 Å². The van der Waals surface area contributed by atoms with Gasteiger partial charge in [-0.2, -0.15) is 0 Å². The fourth-order valence-electron chi connectivity index (χ4n) is 4.00. The fourth-order valence-corrected chi connectivity index (χ4v) is 4.28. The fraction of sp³-hybridized carbons (Fsp3) is 0.333. The molecule has 0 atom stereocenters. The molecule has 4 N–H and O–H groups in total. The Morgan fingerprint density at radius 2 is 1.97 bits per heavy atom. The third-order valence-corrected chi connectivity index (χ3v) is 5.65. The van der Waals surface area contributed by atoms with Crippen LogP contribution >= 0.6 is 24.0 Å². The van der Waals surface area contributed by atoms with E-state index in [1.165, 1.54) is 17.1 Å². The van der Waals surface area contributed by atoms with Crippen LogP contribution in [0.25, 0.3) is 11.0 Å². The molecule has 0 bridgehead atoms. The minimum absolute atomic E-state index is 0. The molecule has 29 heavy (non-hydrogen) atoms. The summed E-state index contributed by atoms with van der Waals surface area (Å²) >= 11 is 6.37. The van der Waals surface area contributed by atoms with Gasteiger partial charge < -0.3 is 15.6 Å². The standard InChI is InChI=1S/C18H18ClN7O2.ClH/c19-11-8-12(23-15-10-4-7-20-14(10)21-9-22-15)17(28)26-13(11)16(27)24-18(25-26)5-2-1-3-6-18;/h4,7-9,25H,1-3,5-6H2,(H,24,27)(H2,20,21,22,23);1H. The van der Waals surface area contributed by atoms with Gasteiger partial charge in [-0.15, -0.1) is 12.4 Å². The predicted molar refractivity (Wildman–Crippen MR) is 113 cm³/mol. The Morgan fingerprint density at radius 1 is 1.17 bits per heavy atom. The highest BCUT2D eigenvalue weighted by atomic mass is 35.5. The van der Waals surface area contributed by atoms with Crippen LogP contribution in [-0.2, 0) is 0 Å². The van der Waals surface area contributed by atoms with E-state index in [4.69, 9.17) is 11.6 Å². The average Bonchev–Trinajstić information content (AvgIpc) is 3.16. The number of anilines is 2. The maximum atomic E-state index is 13.2. The van der Waals surface area contributed by atoms with E-state index < -0.39 is 5.66 Å². The smallest absolute Gasteiger partial charge is 0.293 e. The monoisotopic (exact) mass is 435 g/mol. The molecule has 0 aromatic carbocycles. The van der Waals surface area contributed by atoms with Gasteiger partial charge in [0.05, 0.1) is 10.4 Å². The molecule has 1 aliphatic carbocycles. The van der Waals surface area contributed by atoms with Gasteiger partial charge in [-0.3, -0.25) is 15.0 Å². The first-order valence-electron chi connectivity index (χ1n) is 9.18. The summed E-state index contributed by atoms with van der Waals surface area (Å²) < 4.78 is 1.27. The Bertz CT molecular complexity index is 1150. The van der Waals surface area contributed by atoms with Crippen molar-refractivity contribution in [3.05, 3.63) is 45.7 Å². The van der Waals surface area contributed by atoms with E-state index in [-0.39, 0.29) is 40.3 Å². The topological polar surface area (TPSA) is 117 Å². The number of carbonyl (C=O) groups excluding carboxylic acids is 1. The van der Waals surface area contributed by atoms with Gasteiger partial charge in [0.15, 0.2) is 0 Å². The summed E-state index contributed by atoms with van der Waals surface area (Å²) in [4.78, 5) is 37.2. The van der Waals surface area contributed by atoms with E-state index in [2.05, 4.69) is 31.0 Å². The predicted octanol–water partition coefficient (Wildman–Crippen LogP) is 2.89. The number of fused-ring (bicyclic) bond motifs is 2. The summed E-state index contributed by atoms with van der Waals surface area (Å²) in [6.45, 7) is 0. The first kappa shape index (κ1) is 19.5. The van der Waals surface area contributed by atoms with Gasteiger partial charge in [0.25, 0.3) is 11.5 Å². The zero-order valence-electron chi connectivity index (χ0n) is 15.3. The molecule has 0 saturated heterocycles. The van der Waals surface area contributed by atoms with Crippen molar-refractivity contribution in [1.82, 2.24) is 24.9 Å². The quantitative estimate of drug-likeness (QED) is 0.491. The number of carbonyl (C=O) groups is 1. The molecule has 3 aromatic heterocycles. The lowest BCUT2D eigenvalue weighted by atomic mass is 9.88. The number of nitrogens with zero attached hydrogens (tertiary/aromatic N) is 3. The van der Waals surface area contributed by atoms with Gasteiger partial charge in [0, 0.05) is 6.20 Å². The SMILES string of the molecule is Cl.O=C1NC2(CCCCC2)Nn2c1c(Cl)cc(Nc1ncnc3[nH]ccc13)c2=O. The lowest BCUT2D eigenvalue weighted by Crippen LogP contribution is -2.64. The molecule has 11 heteroatoms. The molecule has 1 saturated carbocycles. The number of nitrogens with one attached hydrogen (secondary N) is 4. The summed E-state index contributed by atoms with van der Waals surface area (Å²) in [5.74, 6) is 0.136. The van der Waals surface area contributed by atoms with Crippen LogP contribution in [0.2, 0.25) is 5.02 Å². The second kappa shape index (κ2) is 7.23. The van der Waals surface area contributed by atoms with Gasteiger partial charge in [0.1, 0.15) is 34.8 Å². The molecule has 5 rings (SSSR count). The normalized spacial score (nSPS) is 17.2. The van der Waals surface area contributed by atoms with E-state index in [0.717, 1.165) is 37.5 Å². The van der Waals surface area contributed by atoms with E-state index in [0.29, 0.717) is 11.5 Å². The number of halogens is 2. The van der Waals surface area contributed by atoms with Crippen molar-refractivity contribution in [3.63, 3.8) is 0 Å². The van der Waals surface area contributed by atoms with Crippen LogP contribution in [0, 0.1) is 0 Å². The molecular formula is C18H19Cl2N7O2. The number of amides is 1. The molecule has 0 unspecified atom stereocenters. The van der Waals surface area contributed by atoms with Gasteiger partial charge in [0.2, 0.25) is 0 Å². The Morgan fingerprint density at radius 3 is 2.76 bits per heavy atom. The first-order chi connectivity index (χ1) is 13.6. The van der Waals surface area contributed by atoms with Crippen molar-refractivity contribution >= 4 is 52.5 Å². The zero-order chi connectivity index (χ0) is 19.3. The van der Waals surface area contributed by atoms with Crippen LogP contribution < -0.4 is 21.6 Å². The molecule has 2 aliphatic rings. The maximum Gasteiger partial charge on any atom is 0.293 e. The lowest BCUT2D eigenvalue weighted by Gasteiger charge is -2.43. The largest absolute Gasteiger partial charge is 0.346 e. The summed E-state index contributed by atoms with van der Waals surface area (Å²) in [6, 6.07) is 3.27. The van der Waals surface area contributed by atoms with Crippen molar-refractivity contribution in [1.29, 1.82) is 0 Å². The van der Waals surface area contributed by atoms with Crippen LogP contribution in [-0.4, -0.2) is 31.2 Å². The Balaban J connectivity index is 0.00000205. The van der Waals surface area contributed by atoms with Crippen molar-refractivity contribution in [2.45, 2.75) is 37.8 Å². The average molecular weight is 436 g/mol. The molecule has 3 aromatic rings. The third-order valence-electron chi connectivity index (χ3n) is 5.36. The lowest BCUT2D eigenvalue weighted by molar-refractivity contribution is 0.0834. The summed E-state index contributed by atoms with van der Waals surface area (Å²) in [5.41, 5.74) is 3.21. The highest BCUT2D eigenvalue weighted by molar-refractivity contribution is 6.34. The molecular weight excluding hydrogens is 417 g/mol. The van der Waals surface area contributed by atoms with Crippen molar-refractivity contribution in [2.24, 2.45) is 0 Å². The van der Waals surface area contributed by atoms with Crippen LogP contribution in [0.4, 0.5) is 11.5 Å². The van der Waals surface area contributed by atoms with Crippen LogP contribution in [0.3, 0.4) is 0 Å². The molecule has 0 radical (unpaired) electrons. The molecule has 1 aliphatic heterocycles. The van der Waals surface area contributed by atoms with Crippen molar-refractivity contribution < 1.29 is 4.79 Å². The summed E-state index contributed by atoms with van der Waals surface area (Å²) in [5, 5.41) is 6.97. The third kappa shape index (κ3) is 3.20. The van der Waals surface area contributed by atoms with Crippen molar-refractivity contribution in [2.75, 3.05) is 10.7 Å². The molecule has 9 nitrogen and oxygen atoms in total. The van der Waals surface area contributed by atoms with Crippen LogP contribution in [0.15, 0.2) is 29.5 Å². The van der Waals surface area contributed by atoms with E-state index in [1.54, 1.807) is 6.20 Å². The number of aromatic nitrogens is 4. The molecule has 1 spiro atoms. The Kier molecular flexibility index (Phi) is 4.87. The van der Waals surface area contributed by atoms with Crippen LogP contribution in [0.5, 0.6) is 0 Å². The number of H-pyrrole nitrogens is 1. The van der Waals surface area contributed by atoms with E-state index >= 15 is 0 Å². The van der Waals surface area contributed by atoms with Gasteiger partial charge in [-0.1, -0.05) is 18.0 Å². The van der Waals surface area contributed by atoms with E-state index in [1.807, 2.05) is 6.07 Å². The molecule has 152 valence electrons. The van der Waals surface area contributed by atoms with Gasteiger partial charge >= 0.3 is 0 Å². The van der Waals surface area contributed by atoms with Gasteiger partial charge in [-0.05, 0) is 37.8 Å². The second-order valence-electron chi connectivity index (χ2n) is 7.19. The number of hydrogen-bond acceptors (Lipinski definition) is 6. The van der Waals surface area contributed by atoms with E-state index in [9.17, 15) is 9.59 Å². The summed E-state index contributed by atoms with van der Waals surface area (Å²) in [6.07, 6.45) is 7.75. The Hall–Kier alpha value is -2.78. The van der Waals surface area contributed by atoms with Gasteiger partial charge in [-0.25, -0.2) is 14.6 Å². The summed E-state index contributed by atoms with van der Waals surface area (Å²) in [7, 11) is 0. The number of aromatic amines is 1. The number of pyridine rings is 1. The number of rotatable bonds is 2. The highest BCUT2D eigenvalue weighted by Gasteiger charge is 2.40. The second-order valence-corrected chi connectivity index (χ2v) is 7.60. The van der Waals surface area contributed by atoms with Crippen molar-refractivity contribution in [3.8, 4) is 0 Å². The minimum atomic E-state index is -0.614. The number of hydrogen-bond donors (Lipinski definition) is 4. The minimum Gasteiger partial charge on any atom is -0.346 e. The maximum absolute atomic E-state index is 13.2. The Labute approximate surface area is 176 Å². The highest BCUT2D eigenvalue weighted by Crippen LogP contribution is 2.31. The zero-order valence-corrected chi connectivity index (χ0v) is 16.9. The molecule has 4 heterocycles. The molecule has 1 fully saturated rings.